The molecule has 0 radical (unpaired) electrons. The van der Waals surface area contributed by atoms with E-state index in [2.05, 4.69) is 38.5 Å². The number of benzene rings is 3. The van der Waals surface area contributed by atoms with E-state index >= 15 is 0 Å². The Morgan fingerprint density at radius 1 is 1.04 bits per heavy atom. The van der Waals surface area contributed by atoms with E-state index < -0.39 is 5.54 Å². The molecule has 3 fully saturated rings. The molecule has 1 aliphatic carbocycles. The molecule has 9 nitrogen and oxygen atoms in total. The molecule has 3 aliphatic rings. The zero-order valence-electron chi connectivity index (χ0n) is 24.8. The van der Waals surface area contributed by atoms with E-state index in [4.69, 9.17) is 0 Å². The number of amides is 3. The number of rotatable bonds is 6. The van der Waals surface area contributed by atoms with Gasteiger partial charge in [0.1, 0.15) is 5.54 Å². The number of nitriles is 1. The Morgan fingerprint density at radius 2 is 1.82 bits per heavy atom. The van der Waals surface area contributed by atoms with Gasteiger partial charge in [-0.1, -0.05) is 48.2 Å². The number of anilines is 1. The average molecular weight is 597 g/mol. The molecule has 1 aromatic heterocycles. The molecular formula is C36H32N6O3. The second kappa shape index (κ2) is 11.7. The van der Waals surface area contributed by atoms with Gasteiger partial charge in [0, 0.05) is 65.8 Å². The molecule has 1 saturated carbocycles. The van der Waals surface area contributed by atoms with Crippen molar-refractivity contribution in [2.75, 3.05) is 18.4 Å². The summed E-state index contributed by atoms with van der Waals surface area (Å²) in [6, 6.07) is 21.1. The van der Waals surface area contributed by atoms with Gasteiger partial charge in [0.05, 0.1) is 23.7 Å². The van der Waals surface area contributed by atoms with Gasteiger partial charge in [-0.05, 0) is 55.5 Å². The van der Waals surface area contributed by atoms with Crippen molar-refractivity contribution in [2.24, 2.45) is 5.92 Å². The van der Waals surface area contributed by atoms with Crippen LogP contribution in [0.1, 0.15) is 60.3 Å². The molecule has 4 aromatic rings. The van der Waals surface area contributed by atoms with E-state index in [1.54, 1.807) is 12.1 Å². The number of piperidine rings is 1. The normalized spacial score (nSPS) is 19.4. The Kier molecular flexibility index (Phi) is 7.40. The molecule has 45 heavy (non-hydrogen) atoms. The van der Waals surface area contributed by atoms with E-state index in [0.717, 1.165) is 66.4 Å². The average Bonchev–Trinajstić information content (AvgIpc) is 3.47. The lowest BCUT2D eigenvalue weighted by molar-refractivity contribution is -0.134. The van der Waals surface area contributed by atoms with Crippen LogP contribution in [0.3, 0.4) is 0 Å². The number of aromatic nitrogens is 2. The third kappa shape index (κ3) is 5.48. The standard InChI is InChI=1S/C36H32N6O3/c37-18-28-12-14-32(31-5-2-1-4-29(28)31)39-35(45)36(16-3-17-36)42-23-26(19-38-42)22-41-20-25(21-41)7-6-24-8-10-27(11-9-24)30-13-15-33(43)40-34(30)44/h1-2,4-5,8-12,14,19,23,25,30H,3,13,15-17,20-22H2,(H,39,45)(H,40,43,44). The van der Waals surface area contributed by atoms with Crippen molar-refractivity contribution in [3.63, 3.8) is 0 Å². The van der Waals surface area contributed by atoms with Crippen molar-refractivity contribution in [3.8, 4) is 17.9 Å². The number of imide groups is 1. The van der Waals surface area contributed by atoms with Gasteiger partial charge in [-0.25, -0.2) is 0 Å². The first-order chi connectivity index (χ1) is 21.9. The fourth-order valence-electron chi connectivity index (χ4n) is 6.54. The summed E-state index contributed by atoms with van der Waals surface area (Å²) < 4.78 is 1.84. The van der Waals surface area contributed by atoms with Crippen LogP contribution >= 0.6 is 0 Å². The summed E-state index contributed by atoms with van der Waals surface area (Å²) in [6.45, 7) is 2.48. The molecule has 2 aliphatic heterocycles. The number of fused-ring (bicyclic) bond motifs is 1. The van der Waals surface area contributed by atoms with Crippen LogP contribution in [0.15, 0.2) is 73.1 Å². The van der Waals surface area contributed by atoms with Crippen molar-refractivity contribution in [3.05, 3.63) is 95.3 Å². The highest BCUT2D eigenvalue weighted by molar-refractivity contribution is 6.06. The number of nitrogens with zero attached hydrogens (tertiary/aromatic N) is 4. The van der Waals surface area contributed by atoms with Crippen LogP contribution in [0.4, 0.5) is 5.69 Å². The molecule has 7 rings (SSSR count). The summed E-state index contributed by atoms with van der Waals surface area (Å²) in [4.78, 5) is 39.6. The van der Waals surface area contributed by atoms with Crippen molar-refractivity contribution in [1.29, 1.82) is 5.26 Å². The van der Waals surface area contributed by atoms with Gasteiger partial charge in [-0.3, -0.25) is 29.3 Å². The Balaban J connectivity index is 0.951. The molecule has 2 saturated heterocycles. The monoisotopic (exact) mass is 596 g/mol. The third-order valence-corrected chi connectivity index (χ3v) is 9.31. The van der Waals surface area contributed by atoms with E-state index in [1.807, 2.05) is 65.6 Å². The zero-order valence-corrected chi connectivity index (χ0v) is 24.8. The van der Waals surface area contributed by atoms with Crippen molar-refractivity contribution in [1.82, 2.24) is 20.0 Å². The summed E-state index contributed by atoms with van der Waals surface area (Å²) in [6.07, 6.45) is 7.17. The first-order valence-corrected chi connectivity index (χ1v) is 15.4. The first-order valence-electron chi connectivity index (χ1n) is 15.4. The highest BCUT2D eigenvalue weighted by Gasteiger charge is 2.47. The van der Waals surface area contributed by atoms with Gasteiger partial charge in [0.15, 0.2) is 0 Å². The van der Waals surface area contributed by atoms with Crippen LogP contribution in [0.2, 0.25) is 0 Å². The lowest BCUT2D eigenvalue weighted by atomic mass is 9.76. The van der Waals surface area contributed by atoms with E-state index in [9.17, 15) is 19.6 Å². The number of carbonyl (C=O) groups excluding carboxylic acids is 3. The van der Waals surface area contributed by atoms with Crippen LogP contribution in [0, 0.1) is 29.1 Å². The highest BCUT2D eigenvalue weighted by atomic mass is 16.2. The molecule has 9 heteroatoms. The Labute approximate surface area is 261 Å². The minimum absolute atomic E-state index is 0.0808. The Morgan fingerprint density at radius 3 is 2.53 bits per heavy atom. The van der Waals surface area contributed by atoms with Crippen LogP contribution in [0.25, 0.3) is 10.8 Å². The van der Waals surface area contributed by atoms with Crippen LogP contribution in [0.5, 0.6) is 0 Å². The quantitative estimate of drug-likeness (QED) is 0.251. The fourth-order valence-corrected chi connectivity index (χ4v) is 6.54. The maximum atomic E-state index is 13.7. The molecule has 3 amide bonds. The fraction of sp³-hybridized carbons (Fsp3) is 0.306. The van der Waals surface area contributed by atoms with Crippen LogP contribution < -0.4 is 10.6 Å². The predicted molar refractivity (Wildman–Crippen MR) is 169 cm³/mol. The molecular weight excluding hydrogens is 564 g/mol. The molecule has 1 unspecified atom stereocenters. The van der Waals surface area contributed by atoms with Gasteiger partial charge in [-0.2, -0.15) is 10.4 Å². The maximum absolute atomic E-state index is 13.7. The number of likely N-dealkylation sites (tertiary alicyclic amines) is 1. The van der Waals surface area contributed by atoms with Gasteiger partial charge in [0.2, 0.25) is 11.8 Å². The van der Waals surface area contributed by atoms with Crippen molar-refractivity contribution in [2.45, 2.75) is 50.1 Å². The largest absolute Gasteiger partial charge is 0.323 e. The van der Waals surface area contributed by atoms with E-state index in [0.29, 0.717) is 24.1 Å². The van der Waals surface area contributed by atoms with Gasteiger partial charge in [0.25, 0.3) is 5.91 Å². The van der Waals surface area contributed by atoms with Crippen LogP contribution in [-0.4, -0.2) is 45.5 Å². The molecule has 0 bridgehead atoms. The summed E-state index contributed by atoms with van der Waals surface area (Å²) >= 11 is 0. The highest BCUT2D eigenvalue weighted by Crippen LogP contribution is 2.41. The zero-order chi connectivity index (χ0) is 31.0. The van der Waals surface area contributed by atoms with Crippen molar-refractivity contribution >= 4 is 34.2 Å². The smallest absolute Gasteiger partial charge is 0.252 e. The molecule has 3 heterocycles. The van der Waals surface area contributed by atoms with E-state index in [1.165, 1.54) is 0 Å². The minimum Gasteiger partial charge on any atom is -0.323 e. The van der Waals surface area contributed by atoms with Gasteiger partial charge in [-0.15, -0.1) is 0 Å². The molecule has 0 spiro atoms. The maximum Gasteiger partial charge on any atom is 0.252 e. The molecule has 1 atom stereocenters. The molecule has 3 aromatic carbocycles. The SMILES string of the molecule is N#Cc1ccc(NC(=O)C2(n3cc(CN4CC(C#Cc5ccc(C6CCC(=O)NC6=O)cc5)C4)cn3)CCC2)c2ccccc12. The lowest BCUT2D eigenvalue weighted by Crippen LogP contribution is -2.51. The second-order valence-corrected chi connectivity index (χ2v) is 12.2. The number of hydrogen-bond acceptors (Lipinski definition) is 6. The van der Waals surface area contributed by atoms with Crippen molar-refractivity contribution < 1.29 is 14.4 Å². The minimum atomic E-state index is -0.718. The molecule has 2 N–H and O–H groups in total. The van der Waals surface area contributed by atoms with Crippen LogP contribution in [-0.2, 0) is 26.5 Å². The van der Waals surface area contributed by atoms with E-state index in [-0.39, 0.29) is 29.6 Å². The summed E-state index contributed by atoms with van der Waals surface area (Å²) in [5.74, 6) is 6.10. The molecule has 224 valence electrons. The first kappa shape index (κ1) is 28.5. The Bertz CT molecular complexity index is 1920. The lowest BCUT2D eigenvalue weighted by Gasteiger charge is -2.40. The predicted octanol–water partition coefficient (Wildman–Crippen LogP) is 4.43. The summed E-state index contributed by atoms with van der Waals surface area (Å²) in [5, 5.41) is 21.4. The Hall–Kier alpha value is -5.25. The number of hydrogen-bond donors (Lipinski definition) is 2. The topological polar surface area (TPSA) is 120 Å². The summed E-state index contributed by atoms with van der Waals surface area (Å²) in [7, 11) is 0. The number of nitrogens with one attached hydrogen (secondary N) is 2. The van der Waals surface area contributed by atoms with Gasteiger partial charge < -0.3 is 5.32 Å². The third-order valence-electron chi connectivity index (χ3n) is 9.31. The van der Waals surface area contributed by atoms with Gasteiger partial charge >= 0.3 is 0 Å². The summed E-state index contributed by atoms with van der Waals surface area (Å²) in [5.41, 5.74) is 3.44. The second-order valence-electron chi connectivity index (χ2n) is 12.2. The number of carbonyl (C=O) groups is 3.